The molecule has 0 atom stereocenters. The number of ether oxygens (including phenoxy) is 1. The highest BCUT2D eigenvalue weighted by atomic mass is 16.5. The minimum Gasteiger partial charge on any atom is -0.504 e. The summed E-state index contributed by atoms with van der Waals surface area (Å²) in [6, 6.07) is 12.2. The van der Waals surface area contributed by atoms with Crippen LogP contribution in [0.15, 0.2) is 47.6 Å². The van der Waals surface area contributed by atoms with Gasteiger partial charge in [-0.3, -0.25) is 4.79 Å². The molecule has 1 aromatic heterocycles. The van der Waals surface area contributed by atoms with Crippen LogP contribution in [-0.4, -0.2) is 38.8 Å². The number of nitrogens with one attached hydrogen (secondary N) is 1. The van der Waals surface area contributed by atoms with Crippen molar-refractivity contribution in [2.24, 2.45) is 5.10 Å². The zero-order valence-electron chi connectivity index (χ0n) is 13.6. The second kappa shape index (κ2) is 7.43. The van der Waals surface area contributed by atoms with Crippen molar-refractivity contribution in [2.75, 3.05) is 6.61 Å². The van der Waals surface area contributed by atoms with Crippen LogP contribution in [0.25, 0.3) is 11.0 Å². The number of fused-ring (bicyclic) bond motifs is 1. The summed E-state index contributed by atoms with van der Waals surface area (Å²) in [5, 5.41) is 21.5. The third-order valence-electron chi connectivity index (χ3n) is 3.40. The number of aromatic hydroxyl groups is 1. The van der Waals surface area contributed by atoms with Crippen molar-refractivity contribution in [1.29, 1.82) is 0 Å². The third-order valence-corrected chi connectivity index (χ3v) is 3.40. The molecule has 0 unspecified atom stereocenters. The number of nitrogens with zero attached hydrogens (tertiary/aromatic N) is 4. The van der Waals surface area contributed by atoms with E-state index in [2.05, 4.69) is 20.8 Å². The largest absolute Gasteiger partial charge is 0.504 e. The molecular weight excluding hydrogens is 322 g/mol. The van der Waals surface area contributed by atoms with E-state index in [1.807, 2.05) is 31.2 Å². The Morgan fingerprint density at radius 2 is 2.20 bits per heavy atom. The number of hydrogen-bond donors (Lipinski definition) is 2. The molecule has 3 aromatic rings. The average molecular weight is 339 g/mol. The molecule has 25 heavy (non-hydrogen) atoms. The number of amides is 1. The van der Waals surface area contributed by atoms with E-state index in [1.165, 1.54) is 17.0 Å². The first-order valence-corrected chi connectivity index (χ1v) is 7.73. The first kappa shape index (κ1) is 16.4. The Morgan fingerprint density at radius 3 is 3.04 bits per heavy atom. The summed E-state index contributed by atoms with van der Waals surface area (Å²) in [6.07, 6.45) is 1.47. The molecule has 0 aliphatic carbocycles. The van der Waals surface area contributed by atoms with Crippen LogP contribution in [0.3, 0.4) is 0 Å². The Hall–Kier alpha value is -3.42. The molecule has 2 N–H and O–H groups in total. The minimum atomic E-state index is -0.323. The van der Waals surface area contributed by atoms with Gasteiger partial charge in [0.05, 0.1) is 18.3 Å². The molecule has 2 aromatic carbocycles. The molecule has 8 heteroatoms. The van der Waals surface area contributed by atoms with Crippen LogP contribution in [0, 0.1) is 0 Å². The quantitative estimate of drug-likeness (QED) is 0.525. The summed E-state index contributed by atoms with van der Waals surface area (Å²) in [6.45, 7) is 2.28. The Balaban J connectivity index is 1.62. The SMILES string of the molecule is CCOc1cc(/C=N/NC(=O)Cn2nnc3ccccc32)ccc1O. The van der Waals surface area contributed by atoms with Crippen molar-refractivity contribution in [2.45, 2.75) is 13.5 Å². The van der Waals surface area contributed by atoms with Gasteiger partial charge in [-0.2, -0.15) is 5.10 Å². The molecule has 8 nitrogen and oxygen atoms in total. The van der Waals surface area contributed by atoms with E-state index in [0.29, 0.717) is 17.9 Å². The van der Waals surface area contributed by atoms with Gasteiger partial charge in [-0.1, -0.05) is 17.3 Å². The summed E-state index contributed by atoms with van der Waals surface area (Å²) in [7, 11) is 0. The van der Waals surface area contributed by atoms with Gasteiger partial charge in [0.25, 0.3) is 5.91 Å². The number of hydrazone groups is 1. The lowest BCUT2D eigenvalue weighted by atomic mass is 10.2. The topological polar surface area (TPSA) is 102 Å². The van der Waals surface area contributed by atoms with Crippen molar-refractivity contribution in [3.63, 3.8) is 0 Å². The average Bonchev–Trinajstić information content (AvgIpc) is 3.01. The second-order valence-electron chi connectivity index (χ2n) is 5.19. The van der Waals surface area contributed by atoms with Crippen LogP contribution in [0.1, 0.15) is 12.5 Å². The fourth-order valence-corrected chi connectivity index (χ4v) is 2.27. The standard InChI is InChI=1S/C17H17N5O3/c1-2-25-16-9-12(7-8-15(16)23)10-18-20-17(24)11-22-14-6-4-3-5-13(14)19-21-22/h3-10,23H,2,11H2,1H3,(H,20,24)/b18-10+. The van der Waals surface area contributed by atoms with Crippen LogP contribution < -0.4 is 10.2 Å². The number of benzene rings is 2. The number of phenols is 1. The monoisotopic (exact) mass is 339 g/mol. The first-order chi connectivity index (χ1) is 12.2. The number of para-hydroxylation sites is 1. The van der Waals surface area contributed by atoms with Gasteiger partial charge in [0.15, 0.2) is 11.5 Å². The summed E-state index contributed by atoms with van der Waals surface area (Å²) in [4.78, 5) is 12.0. The summed E-state index contributed by atoms with van der Waals surface area (Å²) < 4.78 is 6.81. The Bertz CT molecular complexity index is 920. The van der Waals surface area contributed by atoms with Crippen molar-refractivity contribution in [3.8, 4) is 11.5 Å². The fourth-order valence-electron chi connectivity index (χ4n) is 2.27. The highest BCUT2D eigenvalue weighted by Crippen LogP contribution is 2.26. The molecule has 1 amide bonds. The number of carbonyl (C=O) groups is 1. The van der Waals surface area contributed by atoms with Crippen molar-refractivity contribution in [1.82, 2.24) is 20.4 Å². The van der Waals surface area contributed by atoms with E-state index in [1.54, 1.807) is 12.1 Å². The lowest BCUT2D eigenvalue weighted by Gasteiger charge is -2.06. The lowest BCUT2D eigenvalue weighted by molar-refractivity contribution is -0.121. The minimum absolute atomic E-state index is 0.0115. The molecule has 0 fully saturated rings. The number of aromatic nitrogens is 3. The summed E-state index contributed by atoms with van der Waals surface area (Å²) in [5.41, 5.74) is 4.63. The highest BCUT2D eigenvalue weighted by Gasteiger charge is 2.07. The number of carbonyl (C=O) groups excluding carboxylic acids is 1. The van der Waals surface area contributed by atoms with E-state index in [-0.39, 0.29) is 18.2 Å². The highest BCUT2D eigenvalue weighted by molar-refractivity contribution is 5.84. The second-order valence-corrected chi connectivity index (χ2v) is 5.19. The maximum absolute atomic E-state index is 12.0. The molecule has 3 rings (SSSR count). The maximum Gasteiger partial charge on any atom is 0.261 e. The Kier molecular flexibility index (Phi) is 4.89. The Morgan fingerprint density at radius 1 is 1.36 bits per heavy atom. The molecule has 0 bridgehead atoms. The third kappa shape index (κ3) is 3.92. The molecule has 0 aliphatic heterocycles. The number of phenolic OH excluding ortho intramolecular Hbond substituents is 1. The smallest absolute Gasteiger partial charge is 0.261 e. The normalized spacial score (nSPS) is 11.1. The molecule has 0 aliphatic rings. The molecular formula is C17H17N5O3. The zero-order valence-corrected chi connectivity index (χ0v) is 13.6. The van der Waals surface area contributed by atoms with E-state index in [0.717, 1.165) is 11.0 Å². The van der Waals surface area contributed by atoms with E-state index in [4.69, 9.17) is 4.74 Å². The van der Waals surface area contributed by atoms with Crippen LogP contribution in [0.2, 0.25) is 0 Å². The zero-order chi connectivity index (χ0) is 17.6. The first-order valence-electron chi connectivity index (χ1n) is 7.73. The number of rotatable bonds is 6. The van der Waals surface area contributed by atoms with Gasteiger partial charge in [0.1, 0.15) is 12.1 Å². The Labute approximate surface area is 143 Å². The van der Waals surface area contributed by atoms with Gasteiger partial charge in [-0.15, -0.1) is 5.10 Å². The van der Waals surface area contributed by atoms with Crippen LogP contribution in [-0.2, 0) is 11.3 Å². The van der Waals surface area contributed by atoms with Crippen LogP contribution in [0.4, 0.5) is 0 Å². The van der Waals surface area contributed by atoms with Crippen LogP contribution >= 0.6 is 0 Å². The van der Waals surface area contributed by atoms with Gasteiger partial charge in [0, 0.05) is 0 Å². The molecule has 1 heterocycles. The van der Waals surface area contributed by atoms with Gasteiger partial charge >= 0.3 is 0 Å². The molecule has 0 radical (unpaired) electrons. The summed E-state index contributed by atoms with van der Waals surface area (Å²) in [5.74, 6) is 0.101. The van der Waals surface area contributed by atoms with E-state index < -0.39 is 0 Å². The molecule has 0 saturated carbocycles. The van der Waals surface area contributed by atoms with E-state index >= 15 is 0 Å². The number of hydrogen-bond acceptors (Lipinski definition) is 6. The predicted molar refractivity (Wildman–Crippen MR) is 92.5 cm³/mol. The van der Waals surface area contributed by atoms with Crippen molar-refractivity contribution in [3.05, 3.63) is 48.0 Å². The fraction of sp³-hybridized carbons (Fsp3) is 0.176. The summed E-state index contributed by atoms with van der Waals surface area (Å²) >= 11 is 0. The van der Waals surface area contributed by atoms with Gasteiger partial charge in [0.2, 0.25) is 0 Å². The van der Waals surface area contributed by atoms with Gasteiger partial charge in [-0.25, -0.2) is 10.1 Å². The van der Waals surface area contributed by atoms with Crippen molar-refractivity contribution >= 4 is 23.2 Å². The maximum atomic E-state index is 12.0. The predicted octanol–water partition coefficient (Wildman–Crippen LogP) is 1.69. The van der Waals surface area contributed by atoms with Gasteiger partial charge in [-0.05, 0) is 42.8 Å². The lowest BCUT2D eigenvalue weighted by Crippen LogP contribution is -2.23. The molecule has 0 saturated heterocycles. The van der Waals surface area contributed by atoms with Gasteiger partial charge < -0.3 is 9.84 Å². The van der Waals surface area contributed by atoms with E-state index in [9.17, 15) is 9.90 Å². The molecule has 0 spiro atoms. The van der Waals surface area contributed by atoms with Crippen molar-refractivity contribution < 1.29 is 14.6 Å². The molecule has 128 valence electrons. The van der Waals surface area contributed by atoms with Crippen LogP contribution in [0.5, 0.6) is 11.5 Å².